The average Bonchev–Trinajstić information content (AvgIpc) is 2.90. The van der Waals surface area contributed by atoms with Gasteiger partial charge in [-0.15, -0.1) is 0 Å². The van der Waals surface area contributed by atoms with Crippen molar-refractivity contribution in [2.75, 3.05) is 21.3 Å². The third-order valence-corrected chi connectivity index (χ3v) is 7.01. The number of ether oxygens (including phenoxy) is 4. The highest BCUT2D eigenvalue weighted by Gasteiger charge is 2.35. The largest absolute Gasteiger partial charge is 0.493 e. The molecule has 0 aromatic heterocycles. The SMILES string of the molecule is COC1=C2C[C@@H](C)C[C@H](OC)[C@H](O)[C@@H](C)/C=C(\C)[C@H](OC(N)=O)[C@@H](OC)/C=C\C=C(/C)C(=O)N=C(CC1=O)C2=O. The van der Waals surface area contributed by atoms with Crippen LogP contribution >= 0.6 is 0 Å². The number of Topliss-reactive ketones (excluding diaryl/α,β-unsaturated/α-hetero) is 2. The molecule has 1 aliphatic heterocycles. The summed E-state index contributed by atoms with van der Waals surface area (Å²) in [6.45, 7) is 6.90. The molecule has 0 saturated heterocycles. The van der Waals surface area contributed by atoms with E-state index in [9.17, 15) is 24.3 Å². The van der Waals surface area contributed by atoms with Crippen LogP contribution in [0.25, 0.3) is 0 Å². The number of carbonyl (C=O) groups excluding carboxylic acids is 4. The first-order valence-electron chi connectivity index (χ1n) is 13.0. The fraction of sp³-hybridized carbons (Fsp3) is 0.552. The molecular weight excluding hydrogens is 520 g/mol. The second-order valence-electron chi connectivity index (χ2n) is 10.2. The highest BCUT2D eigenvalue weighted by molar-refractivity contribution is 6.52. The van der Waals surface area contributed by atoms with Gasteiger partial charge in [-0.05, 0) is 38.2 Å². The molecule has 0 saturated carbocycles. The minimum absolute atomic E-state index is 0.0446. The maximum Gasteiger partial charge on any atom is 0.405 e. The van der Waals surface area contributed by atoms with Gasteiger partial charge in [0.1, 0.15) is 11.8 Å². The van der Waals surface area contributed by atoms with Gasteiger partial charge in [0, 0.05) is 31.3 Å². The van der Waals surface area contributed by atoms with E-state index in [0.717, 1.165) is 0 Å². The van der Waals surface area contributed by atoms with Crippen molar-refractivity contribution in [1.82, 2.24) is 0 Å². The number of allylic oxidation sites excluding steroid dienone is 4. The van der Waals surface area contributed by atoms with E-state index in [1.165, 1.54) is 40.4 Å². The molecule has 1 heterocycles. The number of nitrogens with two attached hydrogens (primary N) is 1. The summed E-state index contributed by atoms with van der Waals surface area (Å²) < 4.78 is 21.7. The Labute approximate surface area is 234 Å². The van der Waals surface area contributed by atoms with E-state index < -0.39 is 53.9 Å². The number of aliphatic imine (C=N–C) groups is 1. The monoisotopic (exact) mass is 560 g/mol. The number of hydrogen-bond acceptors (Lipinski definition) is 9. The number of fused-ring (bicyclic) bond motifs is 2. The third-order valence-electron chi connectivity index (χ3n) is 7.01. The number of primary amides is 1. The zero-order valence-electron chi connectivity index (χ0n) is 24.1. The first-order valence-corrected chi connectivity index (χ1v) is 13.0. The predicted octanol–water partition coefficient (Wildman–Crippen LogP) is 2.77. The van der Waals surface area contributed by atoms with Crippen LogP contribution in [0.1, 0.15) is 47.0 Å². The summed E-state index contributed by atoms with van der Waals surface area (Å²) >= 11 is 0. The number of rotatable bonds is 4. The summed E-state index contributed by atoms with van der Waals surface area (Å²) in [6.07, 6.45) is 2.17. The van der Waals surface area contributed by atoms with Crippen molar-refractivity contribution in [3.63, 3.8) is 0 Å². The molecule has 2 rings (SSSR count). The van der Waals surface area contributed by atoms with E-state index in [1.807, 2.05) is 6.92 Å². The molecule has 220 valence electrons. The van der Waals surface area contributed by atoms with E-state index in [4.69, 9.17) is 24.7 Å². The van der Waals surface area contributed by atoms with Crippen molar-refractivity contribution in [2.24, 2.45) is 22.6 Å². The fourth-order valence-electron chi connectivity index (χ4n) is 4.86. The summed E-state index contributed by atoms with van der Waals surface area (Å²) in [6, 6.07) is 0. The van der Waals surface area contributed by atoms with Gasteiger partial charge < -0.3 is 29.8 Å². The third kappa shape index (κ3) is 8.30. The first-order chi connectivity index (χ1) is 18.8. The zero-order valence-corrected chi connectivity index (χ0v) is 24.1. The predicted molar refractivity (Wildman–Crippen MR) is 147 cm³/mol. The normalized spacial score (nSPS) is 32.9. The summed E-state index contributed by atoms with van der Waals surface area (Å²) in [5.74, 6) is -2.35. The van der Waals surface area contributed by atoms with Crippen LogP contribution in [0.5, 0.6) is 0 Å². The number of nitrogens with zero attached hydrogens (tertiary/aromatic N) is 1. The summed E-state index contributed by atoms with van der Waals surface area (Å²) in [5.41, 5.74) is 6.08. The van der Waals surface area contributed by atoms with Gasteiger partial charge in [0.2, 0.25) is 11.6 Å². The van der Waals surface area contributed by atoms with E-state index in [0.29, 0.717) is 12.0 Å². The second kappa shape index (κ2) is 14.8. The summed E-state index contributed by atoms with van der Waals surface area (Å²) in [5, 5.41) is 11.2. The Morgan fingerprint density at radius 2 is 1.77 bits per heavy atom. The summed E-state index contributed by atoms with van der Waals surface area (Å²) in [4.78, 5) is 54.6. The Hall–Kier alpha value is -3.41. The zero-order chi connectivity index (χ0) is 30.1. The molecule has 2 amide bonds. The van der Waals surface area contributed by atoms with Gasteiger partial charge in [-0.3, -0.25) is 14.4 Å². The van der Waals surface area contributed by atoms with Crippen LogP contribution in [0.4, 0.5) is 4.79 Å². The Morgan fingerprint density at radius 3 is 2.35 bits per heavy atom. The molecule has 2 bridgehead atoms. The maximum atomic E-state index is 13.3. The topological polar surface area (TPSA) is 164 Å². The van der Waals surface area contributed by atoms with Crippen molar-refractivity contribution < 1.29 is 43.2 Å². The molecule has 1 aliphatic carbocycles. The molecule has 0 fully saturated rings. The van der Waals surface area contributed by atoms with Gasteiger partial charge in [0.05, 0.1) is 25.7 Å². The van der Waals surface area contributed by atoms with Crippen LogP contribution in [-0.2, 0) is 33.3 Å². The standard InChI is InChI=1S/C29H40N2O9/c1-15-11-19-25(34)20(14-21(32)27(19)39-7)31-28(35)16(2)9-8-10-22(37-5)26(40-29(30)36)18(4)13-17(3)24(33)23(12-15)38-6/h8-10,13,15,17,22-24,26,33H,11-12,14H2,1-7H3,(H2,30,36)/b10-8-,16-9+,18-13+,31-20?/t15-,17+,22+,23+,24-,26+/m1/s1. The van der Waals surface area contributed by atoms with E-state index in [2.05, 4.69) is 4.99 Å². The lowest BCUT2D eigenvalue weighted by Crippen LogP contribution is -2.37. The molecule has 2 aliphatic rings. The Kier molecular flexibility index (Phi) is 12.2. The van der Waals surface area contributed by atoms with Crippen molar-refractivity contribution in [2.45, 2.75) is 71.4 Å². The first kappa shape index (κ1) is 32.8. The highest BCUT2D eigenvalue weighted by atomic mass is 16.6. The molecule has 0 aromatic carbocycles. The number of aliphatic hydroxyl groups is 1. The molecule has 0 spiro atoms. The lowest BCUT2D eigenvalue weighted by Gasteiger charge is -2.30. The minimum Gasteiger partial charge on any atom is -0.493 e. The molecule has 11 heteroatoms. The van der Waals surface area contributed by atoms with Crippen molar-refractivity contribution in [3.05, 3.63) is 46.8 Å². The quantitative estimate of drug-likeness (QED) is 0.492. The number of ketones is 2. The smallest absolute Gasteiger partial charge is 0.405 e. The van der Waals surface area contributed by atoms with Crippen LogP contribution in [-0.4, -0.2) is 80.1 Å². The van der Waals surface area contributed by atoms with E-state index in [1.54, 1.807) is 26.0 Å². The summed E-state index contributed by atoms with van der Waals surface area (Å²) in [7, 11) is 4.22. The number of aliphatic hydroxyl groups excluding tert-OH is 1. The molecule has 0 aromatic rings. The lowest BCUT2D eigenvalue weighted by atomic mass is 9.84. The molecule has 0 radical (unpaired) electrons. The van der Waals surface area contributed by atoms with Crippen molar-refractivity contribution >= 4 is 29.3 Å². The number of hydrogen-bond donors (Lipinski definition) is 2. The Balaban J connectivity index is 2.64. The van der Waals surface area contributed by atoms with Crippen LogP contribution in [0.15, 0.2) is 51.8 Å². The second-order valence-corrected chi connectivity index (χ2v) is 10.2. The van der Waals surface area contributed by atoms with Crippen LogP contribution < -0.4 is 5.73 Å². The van der Waals surface area contributed by atoms with Gasteiger partial charge in [0.25, 0.3) is 5.91 Å². The van der Waals surface area contributed by atoms with Gasteiger partial charge in [0.15, 0.2) is 11.9 Å². The lowest BCUT2D eigenvalue weighted by molar-refractivity contribution is -0.120. The van der Waals surface area contributed by atoms with Gasteiger partial charge in [-0.1, -0.05) is 38.2 Å². The van der Waals surface area contributed by atoms with Gasteiger partial charge in [-0.2, -0.15) is 0 Å². The maximum absolute atomic E-state index is 13.3. The minimum atomic E-state index is -1.00. The molecule has 0 unspecified atom stereocenters. The van der Waals surface area contributed by atoms with Gasteiger partial charge in [-0.25, -0.2) is 9.79 Å². The molecule has 40 heavy (non-hydrogen) atoms. The van der Waals surface area contributed by atoms with E-state index >= 15 is 0 Å². The van der Waals surface area contributed by atoms with Crippen molar-refractivity contribution in [1.29, 1.82) is 0 Å². The van der Waals surface area contributed by atoms with E-state index in [-0.39, 0.29) is 41.4 Å². The number of carbonyl (C=O) groups is 4. The van der Waals surface area contributed by atoms with Crippen LogP contribution in [0.2, 0.25) is 0 Å². The van der Waals surface area contributed by atoms with Gasteiger partial charge >= 0.3 is 6.09 Å². The number of amides is 2. The Morgan fingerprint density at radius 1 is 1.10 bits per heavy atom. The molecular formula is C29H40N2O9. The van der Waals surface area contributed by atoms with Crippen LogP contribution in [0.3, 0.4) is 0 Å². The van der Waals surface area contributed by atoms with Crippen LogP contribution in [0, 0.1) is 11.8 Å². The average molecular weight is 561 g/mol. The highest BCUT2D eigenvalue weighted by Crippen LogP contribution is 2.29. The molecule has 11 nitrogen and oxygen atoms in total. The number of methoxy groups -OCH3 is 3. The molecule has 3 N–H and O–H groups in total. The Bertz CT molecular complexity index is 1150. The molecule has 6 atom stereocenters. The van der Waals surface area contributed by atoms with Crippen molar-refractivity contribution in [3.8, 4) is 0 Å². The fourth-order valence-corrected chi connectivity index (χ4v) is 4.86.